The van der Waals surface area contributed by atoms with Gasteiger partial charge in [-0.1, -0.05) is 43.5 Å². The summed E-state index contributed by atoms with van der Waals surface area (Å²) < 4.78 is 0. The zero-order chi connectivity index (χ0) is 11.4. The van der Waals surface area contributed by atoms with E-state index in [-0.39, 0.29) is 5.50 Å². The number of benzene rings is 1. The van der Waals surface area contributed by atoms with Crippen molar-refractivity contribution in [1.29, 1.82) is 0 Å². The number of hydrogen-bond donors (Lipinski definition) is 1. The first-order chi connectivity index (χ1) is 7.81. The topological polar surface area (TPSA) is 12.0 Å². The van der Waals surface area contributed by atoms with Crippen LogP contribution in [-0.2, 0) is 0 Å². The van der Waals surface area contributed by atoms with E-state index in [4.69, 9.17) is 11.6 Å². The van der Waals surface area contributed by atoms with E-state index in [1.807, 2.05) is 7.05 Å². The molecule has 88 valence electrons. The molecule has 1 aliphatic rings. The first-order valence-corrected chi connectivity index (χ1v) is 6.66. The Morgan fingerprint density at radius 2 is 1.75 bits per heavy atom. The van der Waals surface area contributed by atoms with Gasteiger partial charge in [-0.15, -0.1) is 11.6 Å². The van der Waals surface area contributed by atoms with E-state index in [1.165, 1.54) is 37.7 Å². The van der Waals surface area contributed by atoms with Crippen molar-refractivity contribution >= 4 is 11.6 Å². The molecular formula is C14H20ClN. The Morgan fingerprint density at radius 3 is 2.31 bits per heavy atom. The van der Waals surface area contributed by atoms with Crippen molar-refractivity contribution < 1.29 is 0 Å². The fourth-order valence-corrected chi connectivity index (χ4v) is 2.69. The summed E-state index contributed by atoms with van der Waals surface area (Å²) in [4.78, 5) is 0. The van der Waals surface area contributed by atoms with E-state index in [0.717, 1.165) is 11.5 Å². The Morgan fingerprint density at radius 1 is 1.12 bits per heavy atom. The zero-order valence-corrected chi connectivity index (χ0v) is 10.6. The summed E-state index contributed by atoms with van der Waals surface area (Å²) in [5.74, 6) is 0.783. The molecule has 1 aromatic rings. The summed E-state index contributed by atoms with van der Waals surface area (Å²) >= 11 is 6.12. The minimum atomic E-state index is -0.0691. The summed E-state index contributed by atoms with van der Waals surface area (Å²) in [6, 6.07) is 8.80. The van der Waals surface area contributed by atoms with Crippen LogP contribution in [-0.4, -0.2) is 7.05 Å². The van der Waals surface area contributed by atoms with Crippen LogP contribution in [0.3, 0.4) is 0 Å². The molecule has 16 heavy (non-hydrogen) atoms. The lowest BCUT2D eigenvalue weighted by Gasteiger charge is -2.22. The largest absolute Gasteiger partial charge is 0.301 e. The first kappa shape index (κ1) is 11.9. The van der Waals surface area contributed by atoms with Gasteiger partial charge in [-0.05, 0) is 36.9 Å². The maximum absolute atomic E-state index is 6.12. The van der Waals surface area contributed by atoms with Crippen molar-refractivity contribution in [3.05, 3.63) is 35.4 Å². The highest BCUT2D eigenvalue weighted by atomic mass is 35.5. The third-order valence-electron chi connectivity index (χ3n) is 3.56. The van der Waals surface area contributed by atoms with Crippen molar-refractivity contribution in [2.45, 2.75) is 43.5 Å². The highest BCUT2D eigenvalue weighted by molar-refractivity contribution is 6.20. The van der Waals surface area contributed by atoms with Crippen LogP contribution in [0.2, 0.25) is 0 Å². The molecule has 0 bridgehead atoms. The van der Waals surface area contributed by atoms with Crippen LogP contribution < -0.4 is 5.32 Å². The summed E-state index contributed by atoms with van der Waals surface area (Å²) in [6.07, 6.45) is 6.91. The molecule has 1 saturated carbocycles. The fourth-order valence-electron chi connectivity index (χ4n) is 2.54. The minimum Gasteiger partial charge on any atom is -0.301 e. The van der Waals surface area contributed by atoms with E-state index in [2.05, 4.69) is 29.6 Å². The molecule has 0 aromatic heterocycles. The Balaban J connectivity index is 2.06. The number of alkyl halides is 1. The minimum absolute atomic E-state index is 0.0691. The molecule has 0 spiro atoms. The molecule has 1 N–H and O–H groups in total. The van der Waals surface area contributed by atoms with Gasteiger partial charge in [-0.3, -0.25) is 0 Å². The van der Waals surface area contributed by atoms with Gasteiger partial charge in [0.25, 0.3) is 0 Å². The van der Waals surface area contributed by atoms with E-state index in [0.29, 0.717) is 0 Å². The smallest absolute Gasteiger partial charge is 0.108 e. The normalized spacial score (nSPS) is 19.6. The molecule has 2 heteroatoms. The number of rotatable bonds is 3. The predicted molar refractivity (Wildman–Crippen MR) is 69.9 cm³/mol. The van der Waals surface area contributed by atoms with Crippen LogP contribution in [0.5, 0.6) is 0 Å². The van der Waals surface area contributed by atoms with Crippen molar-refractivity contribution in [1.82, 2.24) is 5.32 Å². The lowest BCUT2D eigenvalue weighted by atomic mass is 9.84. The van der Waals surface area contributed by atoms with Gasteiger partial charge in [0.05, 0.1) is 0 Å². The van der Waals surface area contributed by atoms with Gasteiger partial charge in [0.1, 0.15) is 5.50 Å². The molecule has 1 unspecified atom stereocenters. The molecule has 1 aromatic carbocycles. The van der Waals surface area contributed by atoms with Crippen molar-refractivity contribution in [3.63, 3.8) is 0 Å². The fraction of sp³-hybridized carbons (Fsp3) is 0.571. The van der Waals surface area contributed by atoms with Gasteiger partial charge in [-0.25, -0.2) is 0 Å². The summed E-state index contributed by atoms with van der Waals surface area (Å²) in [6.45, 7) is 0. The monoisotopic (exact) mass is 237 g/mol. The molecule has 0 aliphatic heterocycles. The number of halogens is 1. The van der Waals surface area contributed by atoms with Gasteiger partial charge >= 0.3 is 0 Å². The molecule has 1 nitrogen and oxygen atoms in total. The highest BCUT2D eigenvalue weighted by Gasteiger charge is 2.15. The highest BCUT2D eigenvalue weighted by Crippen LogP contribution is 2.33. The standard InChI is InChI=1S/C14H20ClN/c1-16-14(15)13-9-7-12(8-10-13)11-5-3-2-4-6-11/h7-11,14,16H,2-6H2,1H3. The lowest BCUT2D eigenvalue weighted by molar-refractivity contribution is 0.443. The zero-order valence-electron chi connectivity index (χ0n) is 9.88. The third kappa shape index (κ3) is 2.78. The maximum atomic E-state index is 6.12. The molecule has 0 saturated heterocycles. The van der Waals surface area contributed by atoms with E-state index >= 15 is 0 Å². The summed E-state index contributed by atoms with van der Waals surface area (Å²) in [5, 5.41) is 3.05. The Bertz CT molecular complexity index is 314. The molecule has 1 aliphatic carbocycles. The lowest BCUT2D eigenvalue weighted by Crippen LogP contribution is -2.10. The van der Waals surface area contributed by atoms with E-state index in [1.54, 1.807) is 0 Å². The quantitative estimate of drug-likeness (QED) is 0.614. The average molecular weight is 238 g/mol. The second-order valence-corrected chi connectivity index (χ2v) is 5.09. The maximum Gasteiger partial charge on any atom is 0.108 e. The Hall–Kier alpha value is -0.530. The number of hydrogen-bond acceptors (Lipinski definition) is 1. The molecular weight excluding hydrogens is 218 g/mol. The van der Waals surface area contributed by atoms with Crippen molar-refractivity contribution in [2.24, 2.45) is 0 Å². The van der Waals surface area contributed by atoms with Gasteiger partial charge in [0.15, 0.2) is 0 Å². The molecule has 1 fully saturated rings. The molecule has 0 heterocycles. The third-order valence-corrected chi connectivity index (χ3v) is 4.03. The van der Waals surface area contributed by atoms with Crippen LogP contribution in [0.1, 0.15) is 54.6 Å². The summed E-state index contributed by atoms with van der Waals surface area (Å²) in [5.41, 5.74) is 2.58. The first-order valence-electron chi connectivity index (χ1n) is 6.22. The van der Waals surface area contributed by atoms with E-state index in [9.17, 15) is 0 Å². The average Bonchev–Trinajstić information content (AvgIpc) is 2.39. The predicted octanol–water partition coefficient (Wildman–Crippen LogP) is 4.19. The summed E-state index contributed by atoms with van der Waals surface area (Å²) in [7, 11) is 1.88. The van der Waals surface area contributed by atoms with Crippen molar-refractivity contribution in [2.75, 3.05) is 7.05 Å². The van der Waals surface area contributed by atoms with Crippen LogP contribution in [0.25, 0.3) is 0 Å². The Kier molecular flexibility index (Phi) is 4.25. The van der Waals surface area contributed by atoms with Crippen LogP contribution >= 0.6 is 11.6 Å². The van der Waals surface area contributed by atoms with Gasteiger partial charge < -0.3 is 5.32 Å². The van der Waals surface area contributed by atoms with Crippen LogP contribution in [0.4, 0.5) is 0 Å². The molecule has 0 amide bonds. The second kappa shape index (κ2) is 5.70. The van der Waals surface area contributed by atoms with Crippen LogP contribution in [0, 0.1) is 0 Å². The molecule has 0 radical (unpaired) electrons. The van der Waals surface area contributed by atoms with Crippen molar-refractivity contribution in [3.8, 4) is 0 Å². The van der Waals surface area contributed by atoms with Gasteiger partial charge in [0.2, 0.25) is 0 Å². The van der Waals surface area contributed by atoms with E-state index < -0.39 is 0 Å². The molecule has 1 atom stereocenters. The number of nitrogens with one attached hydrogen (secondary N) is 1. The van der Waals surface area contributed by atoms with Gasteiger partial charge in [0, 0.05) is 0 Å². The second-order valence-electron chi connectivity index (χ2n) is 4.65. The van der Waals surface area contributed by atoms with Crippen LogP contribution in [0.15, 0.2) is 24.3 Å². The SMILES string of the molecule is CNC(Cl)c1ccc(C2CCCCC2)cc1. The Labute approximate surface area is 103 Å². The molecule has 2 rings (SSSR count). The van der Waals surface area contributed by atoms with Gasteiger partial charge in [-0.2, -0.15) is 0 Å².